The highest BCUT2D eigenvalue weighted by Crippen LogP contribution is 2.18. The van der Waals surface area contributed by atoms with E-state index in [1.807, 2.05) is 31.3 Å². The van der Waals surface area contributed by atoms with E-state index in [1.165, 1.54) is 57.8 Å². The summed E-state index contributed by atoms with van der Waals surface area (Å²) in [5.41, 5.74) is 1.12. The smallest absolute Gasteiger partial charge is 0.134 e. The summed E-state index contributed by atoms with van der Waals surface area (Å²) in [6.07, 6.45) is 14.5. The monoisotopic (exact) mass is 361 g/mol. The number of methoxy groups -OCH3 is 1. The first-order valence-corrected chi connectivity index (χ1v) is 10.5. The van der Waals surface area contributed by atoms with Gasteiger partial charge in [-0.15, -0.1) is 0 Å². The van der Waals surface area contributed by atoms with Gasteiger partial charge in [0.15, 0.2) is 0 Å². The van der Waals surface area contributed by atoms with Crippen molar-refractivity contribution in [2.45, 2.75) is 84.0 Å². The van der Waals surface area contributed by atoms with Crippen molar-refractivity contribution in [1.29, 1.82) is 0 Å². The number of anilines is 1. The summed E-state index contributed by atoms with van der Waals surface area (Å²) in [4.78, 5) is 14.2. The number of hydrogen-bond donors (Lipinski definition) is 0. The highest BCUT2D eigenvalue weighted by Gasteiger charge is 2.06. The summed E-state index contributed by atoms with van der Waals surface area (Å²) in [7, 11) is 3.71. The highest BCUT2D eigenvalue weighted by atomic mass is 16.5. The Labute approximate surface area is 161 Å². The molecule has 26 heavy (non-hydrogen) atoms. The lowest BCUT2D eigenvalue weighted by Gasteiger charge is -2.19. The molecule has 0 aliphatic carbocycles. The molecule has 0 aliphatic heterocycles. The lowest BCUT2D eigenvalue weighted by atomic mass is 10.0. The minimum Gasteiger partial charge on any atom is -0.497 e. The SMILES string of the molecule is CCCCCCCCCCCCC(=O)CCN(C)c1ccc(OC)cc1. The van der Waals surface area contributed by atoms with E-state index in [2.05, 4.69) is 11.8 Å². The molecule has 0 unspecified atom stereocenters. The van der Waals surface area contributed by atoms with Crippen LogP contribution >= 0.6 is 0 Å². The van der Waals surface area contributed by atoms with E-state index in [1.54, 1.807) is 7.11 Å². The lowest BCUT2D eigenvalue weighted by molar-refractivity contribution is -0.119. The maximum atomic E-state index is 12.1. The Hall–Kier alpha value is -1.51. The van der Waals surface area contributed by atoms with Crippen molar-refractivity contribution in [3.05, 3.63) is 24.3 Å². The van der Waals surface area contributed by atoms with Gasteiger partial charge in [0.25, 0.3) is 0 Å². The Kier molecular flexibility index (Phi) is 12.7. The molecule has 0 amide bonds. The third kappa shape index (κ3) is 10.5. The second kappa shape index (κ2) is 14.6. The molecule has 3 heteroatoms. The summed E-state index contributed by atoms with van der Waals surface area (Å²) in [6, 6.07) is 7.98. The van der Waals surface area contributed by atoms with Crippen molar-refractivity contribution in [3.8, 4) is 5.75 Å². The zero-order valence-electron chi connectivity index (χ0n) is 17.3. The number of unbranched alkanes of at least 4 members (excludes halogenated alkanes) is 9. The van der Waals surface area contributed by atoms with Gasteiger partial charge < -0.3 is 9.64 Å². The van der Waals surface area contributed by atoms with E-state index in [9.17, 15) is 4.79 Å². The van der Waals surface area contributed by atoms with Crippen molar-refractivity contribution >= 4 is 11.5 Å². The molecule has 1 aromatic rings. The number of ketones is 1. The van der Waals surface area contributed by atoms with E-state index in [0.29, 0.717) is 12.2 Å². The van der Waals surface area contributed by atoms with Gasteiger partial charge in [0.2, 0.25) is 0 Å². The number of ether oxygens (including phenoxy) is 1. The number of carbonyl (C=O) groups excluding carboxylic acids is 1. The van der Waals surface area contributed by atoms with Crippen LogP contribution in [0, 0.1) is 0 Å². The first-order valence-electron chi connectivity index (χ1n) is 10.5. The van der Waals surface area contributed by atoms with E-state index in [0.717, 1.165) is 30.8 Å². The summed E-state index contributed by atoms with van der Waals surface area (Å²) in [5, 5.41) is 0. The molecule has 3 nitrogen and oxygen atoms in total. The molecule has 0 heterocycles. The molecule has 1 aromatic carbocycles. The van der Waals surface area contributed by atoms with Crippen LogP contribution in [-0.4, -0.2) is 26.5 Å². The van der Waals surface area contributed by atoms with E-state index >= 15 is 0 Å². The van der Waals surface area contributed by atoms with Crippen LogP contribution in [-0.2, 0) is 4.79 Å². The summed E-state index contributed by atoms with van der Waals surface area (Å²) in [6.45, 7) is 3.04. The Balaban J connectivity index is 2.01. The molecular formula is C23H39NO2. The number of carbonyl (C=O) groups is 1. The van der Waals surface area contributed by atoms with Crippen LogP contribution in [0.1, 0.15) is 84.0 Å². The van der Waals surface area contributed by atoms with Gasteiger partial charge in [-0.25, -0.2) is 0 Å². The molecule has 0 saturated heterocycles. The summed E-state index contributed by atoms with van der Waals surface area (Å²) >= 11 is 0. The average Bonchev–Trinajstić information content (AvgIpc) is 2.67. The van der Waals surface area contributed by atoms with Crippen molar-refractivity contribution in [1.82, 2.24) is 0 Å². The maximum Gasteiger partial charge on any atom is 0.134 e. The highest BCUT2D eigenvalue weighted by molar-refractivity contribution is 5.78. The van der Waals surface area contributed by atoms with Gasteiger partial charge in [-0.1, -0.05) is 64.7 Å². The second-order valence-electron chi connectivity index (χ2n) is 7.34. The normalized spacial score (nSPS) is 10.7. The van der Waals surface area contributed by atoms with Gasteiger partial charge in [-0.2, -0.15) is 0 Å². The molecule has 1 rings (SSSR count). The Morgan fingerprint density at radius 1 is 0.846 bits per heavy atom. The van der Waals surface area contributed by atoms with E-state index < -0.39 is 0 Å². The molecular weight excluding hydrogens is 322 g/mol. The molecule has 0 bridgehead atoms. The minimum atomic E-state index is 0.393. The predicted molar refractivity (Wildman–Crippen MR) is 112 cm³/mol. The fraction of sp³-hybridized carbons (Fsp3) is 0.696. The number of nitrogens with zero attached hydrogens (tertiary/aromatic N) is 1. The molecule has 0 fully saturated rings. The first kappa shape index (κ1) is 22.5. The number of benzene rings is 1. The standard InChI is InChI=1S/C23H39NO2/c1-4-5-6-7-8-9-10-11-12-13-14-22(25)19-20-24(2)21-15-17-23(26-3)18-16-21/h15-18H,4-14,19-20H2,1-3H3. The van der Waals surface area contributed by atoms with Crippen molar-refractivity contribution in [2.75, 3.05) is 25.6 Å². The van der Waals surface area contributed by atoms with Gasteiger partial charge >= 0.3 is 0 Å². The second-order valence-corrected chi connectivity index (χ2v) is 7.34. The van der Waals surface area contributed by atoms with Gasteiger partial charge in [-0.05, 0) is 30.7 Å². The van der Waals surface area contributed by atoms with Crippen LogP contribution in [0.4, 0.5) is 5.69 Å². The first-order chi connectivity index (χ1) is 12.7. The number of Topliss-reactive ketones (excluding diaryl/α,β-unsaturated/α-hetero) is 1. The van der Waals surface area contributed by atoms with Crippen LogP contribution in [0.15, 0.2) is 24.3 Å². The zero-order chi connectivity index (χ0) is 19.0. The van der Waals surface area contributed by atoms with Crippen molar-refractivity contribution in [3.63, 3.8) is 0 Å². The number of hydrogen-bond acceptors (Lipinski definition) is 3. The topological polar surface area (TPSA) is 29.5 Å². The van der Waals surface area contributed by atoms with Gasteiger partial charge in [0.1, 0.15) is 11.5 Å². The van der Waals surface area contributed by atoms with Gasteiger partial charge in [0.05, 0.1) is 7.11 Å². The Morgan fingerprint density at radius 3 is 1.92 bits per heavy atom. The largest absolute Gasteiger partial charge is 0.497 e. The van der Waals surface area contributed by atoms with Gasteiger partial charge in [-0.3, -0.25) is 4.79 Å². The zero-order valence-corrected chi connectivity index (χ0v) is 17.3. The molecule has 0 spiro atoms. The maximum absolute atomic E-state index is 12.1. The van der Waals surface area contributed by atoms with Crippen molar-refractivity contribution in [2.24, 2.45) is 0 Å². The minimum absolute atomic E-state index is 0.393. The number of rotatable bonds is 16. The molecule has 0 N–H and O–H groups in total. The molecule has 0 saturated carbocycles. The quantitative estimate of drug-likeness (QED) is 0.319. The predicted octanol–water partition coefficient (Wildman–Crippen LogP) is 6.40. The molecule has 148 valence electrons. The van der Waals surface area contributed by atoms with Crippen LogP contribution in [0.25, 0.3) is 0 Å². The summed E-state index contributed by atoms with van der Waals surface area (Å²) in [5.74, 6) is 1.25. The van der Waals surface area contributed by atoms with Crippen LogP contribution in [0.5, 0.6) is 5.75 Å². The van der Waals surface area contributed by atoms with Crippen LogP contribution in [0.2, 0.25) is 0 Å². The van der Waals surface area contributed by atoms with Gasteiger partial charge in [0, 0.05) is 32.1 Å². The lowest BCUT2D eigenvalue weighted by Crippen LogP contribution is -2.20. The summed E-state index contributed by atoms with van der Waals surface area (Å²) < 4.78 is 5.18. The third-order valence-electron chi connectivity index (χ3n) is 5.05. The molecule has 0 radical (unpaired) electrons. The third-order valence-corrected chi connectivity index (χ3v) is 5.05. The molecule has 0 aromatic heterocycles. The van der Waals surface area contributed by atoms with Crippen LogP contribution in [0.3, 0.4) is 0 Å². The molecule has 0 atom stereocenters. The average molecular weight is 362 g/mol. The van der Waals surface area contributed by atoms with Crippen molar-refractivity contribution < 1.29 is 9.53 Å². The Bertz CT molecular complexity index is 470. The molecule has 0 aliphatic rings. The van der Waals surface area contributed by atoms with E-state index in [-0.39, 0.29) is 0 Å². The Morgan fingerprint density at radius 2 is 1.38 bits per heavy atom. The fourth-order valence-corrected chi connectivity index (χ4v) is 3.19. The van der Waals surface area contributed by atoms with Crippen LogP contribution < -0.4 is 9.64 Å². The van der Waals surface area contributed by atoms with E-state index in [4.69, 9.17) is 4.74 Å². The fourth-order valence-electron chi connectivity index (χ4n) is 3.19.